The molecule has 0 N–H and O–H groups in total. The molecule has 88 valence electrons. The van der Waals surface area contributed by atoms with Crippen LogP contribution >= 0.6 is 11.8 Å². The molecule has 2 unspecified atom stereocenters. The molecule has 2 rings (SSSR count). The first-order chi connectivity index (χ1) is 7.72. The molecule has 1 aliphatic heterocycles. The van der Waals surface area contributed by atoms with Gasteiger partial charge in [0, 0.05) is 15.6 Å². The number of fused-ring (bicyclic) bond motifs is 1. The Balaban J connectivity index is 2.37. The van der Waals surface area contributed by atoms with E-state index in [2.05, 4.69) is 44.3 Å². The first kappa shape index (κ1) is 12.0. The van der Waals surface area contributed by atoms with Crippen molar-refractivity contribution in [3.05, 3.63) is 35.3 Å². The fraction of sp³-hybridized carbons (Fsp3) is 0.600. The Hall–Kier alpha value is -0.430. The lowest BCUT2D eigenvalue weighted by Gasteiger charge is -2.29. The zero-order valence-electron chi connectivity index (χ0n) is 10.5. The summed E-state index contributed by atoms with van der Waals surface area (Å²) in [6, 6.07) is 0. The lowest BCUT2D eigenvalue weighted by Crippen LogP contribution is -2.25. The Morgan fingerprint density at radius 1 is 1.38 bits per heavy atom. The van der Waals surface area contributed by atoms with Gasteiger partial charge in [0.2, 0.25) is 0 Å². The minimum absolute atomic E-state index is 0.421. The van der Waals surface area contributed by atoms with E-state index in [9.17, 15) is 0 Å². The molecule has 2 aliphatic rings. The zero-order valence-corrected chi connectivity index (χ0v) is 11.3. The molecule has 0 aromatic heterocycles. The van der Waals surface area contributed by atoms with Crippen LogP contribution in [0.2, 0.25) is 0 Å². The first-order valence-corrected chi connectivity index (χ1v) is 7.27. The van der Waals surface area contributed by atoms with Crippen molar-refractivity contribution < 1.29 is 0 Å². The van der Waals surface area contributed by atoms with Crippen LogP contribution in [0.15, 0.2) is 35.3 Å². The summed E-state index contributed by atoms with van der Waals surface area (Å²) in [6.45, 7) is 8.49. The highest BCUT2D eigenvalue weighted by atomic mass is 32.2. The Morgan fingerprint density at radius 3 is 2.88 bits per heavy atom. The number of allylic oxidation sites excluding steroid dienone is 4. The van der Waals surface area contributed by atoms with Crippen LogP contribution < -0.4 is 0 Å². The van der Waals surface area contributed by atoms with E-state index in [0.717, 1.165) is 5.25 Å². The third kappa shape index (κ3) is 1.90. The van der Waals surface area contributed by atoms with Crippen molar-refractivity contribution in [3.8, 4) is 0 Å². The van der Waals surface area contributed by atoms with Crippen LogP contribution in [-0.4, -0.2) is 5.25 Å². The Morgan fingerprint density at radius 2 is 2.19 bits per heavy atom. The summed E-state index contributed by atoms with van der Waals surface area (Å²) in [7, 11) is 0. The van der Waals surface area contributed by atoms with Crippen molar-refractivity contribution in [2.24, 2.45) is 5.41 Å². The third-order valence-corrected chi connectivity index (χ3v) is 5.73. The van der Waals surface area contributed by atoms with Gasteiger partial charge in [-0.2, -0.15) is 0 Å². The molecule has 1 heterocycles. The van der Waals surface area contributed by atoms with E-state index in [1.54, 1.807) is 5.57 Å². The minimum Gasteiger partial charge on any atom is -0.122 e. The standard InChI is InChI=1S/C15H22S/c1-4-9-13-12(5-2)15(3)11-8-6-7-10-14(15)16-13/h4-5,9,14H,1,6-8,10-11H2,2-3H3/b12-5+,13-9+. The molecule has 2 fully saturated rings. The zero-order chi connectivity index (χ0) is 11.6. The van der Waals surface area contributed by atoms with Gasteiger partial charge in [-0.1, -0.05) is 44.9 Å². The summed E-state index contributed by atoms with van der Waals surface area (Å²) in [5.74, 6) is 0. The van der Waals surface area contributed by atoms with Crippen molar-refractivity contribution >= 4 is 11.8 Å². The van der Waals surface area contributed by atoms with Gasteiger partial charge in [0.1, 0.15) is 0 Å². The highest BCUT2D eigenvalue weighted by Crippen LogP contribution is 2.58. The SMILES string of the molecule is C=C/C=C1/SC2CCCCCC2(C)/C1=C/C. The molecule has 0 bridgehead atoms. The predicted octanol–water partition coefficient (Wildman–Crippen LogP) is 5.09. The summed E-state index contributed by atoms with van der Waals surface area (Å²) in [4.78, 5) is 1.46. The van der Waals surface area contributed by atoms with Crippen molar-refractivity contribution in [2.75, 3.05) is 0 Å². The maximum Gasteiger partial charge on any atom is 0.0189 e. The highest BCUT2D eigenvalue weighted by Gasteiger charge is 2.45. The molecule has 0 nitrogen and oxygen atoms in total. The number of rotatable bonds is 1. The minimum atomic E-state index is 0.421. The number of thioether (sulfide) groups is 1. The van der Waals surface area contributed by atoms with Gasteiger partial charge in [0.15, 0.2) is 0 Å². The summed E-state index contributed by atoms with van der Waals surface area (Å²) < 4.78 is 0. The van der Waals surface area contributed by atoms with Crippen LogP contribution in [0.3, 0.4) is 0 Å². The van der Waals surface area contributed by atoms with Gasteiger partial charge < -0.3 is 0 Å². The molecule has 2 atom stereocenters. The summed E-state index contributed by atoms with van der Waals surface area (Å²) >= 11 is 2.09. The quantitative estimate of drug-likeness (QED) is 0.609. The molecule has 0 aromatic rings. The summed E-state index contributed by atoms with van der Waals surface area (Å²) in [5, 5.41) is 0.799. The molecule has 1 heteroatoms. The second-order valence-electron chi connectivity index (χ2n) is 5.09. The monoisotopic (exact) mass is 234 g/mol. The van der Waals surface area contributed by atoms with Crippen LogP contribution in [0.5, 0.6) is 0 Å². The number of hydrogen-bond acceptors (Lipinski definition) is 1. The molecular weight excluding hydrogens is 212 g/mol. The van der Waals surface area contributed by atoms with Gasteiger partial charge in [0.05, 0.1) is 0 Å². The second-order valence-corrected chi connectivity index (χ2v) is 6.34. The first-order valence-electron chi connectivity index (χ1n) is 6.39. The topological polar surface area (TPSA) is 0 Å². The molecule has 1 aliphatic carbocycles. The van der Waals surface area contributed by atoms with E-state index in [1.807, 2.05) is 6.08 Å². The van der Waals surface area contributed by atoms with Crippen LogP contribution in [0.1, 0.15) is 46.0 Å². The molecule has 1 saturated heterocycles. The highest BCUT2D eigenvalue weighted by molar-refractivity contribution is 8.04. The molecule has 0 aromatic carbocycles. The Bertz CT molecular complexity index is 337. The Kier molecular flexibility index (Phi) is 3.63. The Labute approximate surface area is 104 Å². The molecular formula is C15H22S. The van der Waals surface area contributed by atoms with Gasteiger partial charge in [0.25, 0.3) is 0 Å². The predicted molar refractivity (Wildman–Crippen MR) is 74.6 cm³/mol. The lowest BCUT2D eigenvalue weighted by molar-refractivity contribution is 0.371. The van der Waals surface area contributed by atoms with Crippen molar-refractivity contribution in [2.45, 2.75) is 51.2 Å². The summed E-state index contributed by atoms with van der Waals surface area (Å²) in [6.07, 6.45) is 13.4. The van der Waals surface area contributed by atoms with Crippen LogP contribution in [0.25, 0.3) is 0 Å². The average Bonchev–Trinajstić information content (AvgIpc) is 2.40. The van der Waals surface area contributed by atoms with Gasteiger partial charge in [-0.05, 0) is 31.4 Å². The van der Waals surface area contributed by atoms with Crippen LogP contribution in [0.4, 0.5) is 0 Å². The van der Waals surface area contributed by atoms with Gasteiger partial charge in [-0.15, -0.1) is 11.8 Å². The fourth-order valence-corrected chi connectivity index (χ4v) is 4.93. The smallest absolute Gasteiger partial charge is 0.0189 e. The molecule has 16 heavy (non-hydrogen) atoms. The molecule has 0 spiro atoms. The van der Waals surface area contributed by atoms with Crippen LogP contribution in [0, 0.1) is 5.41 Å². The van der Waals surface area contributed by atoms with E-state index in [0.29, 0.717) is 5.41 Å². The van der Waals surface area contributed by atoms with Gasteiger partial charge >= 0.3 is 0 Å². The molecule has 1 saturated carbocycles. The second kappa shape index (κ2) is 4.83. The van der Waals surface area contributed by atoms with Crippen molar-refractivity contribution in [3.63, 3.8) is 0 Å². The average molecular weight is 234 g/mol. The lowest BCUT2D eigenvalue weighted by atomic mass is 9.75. The van der Waals surface area contributed by atoms with Crippen LogP contribution in [-0.2, 0) is 0 Å². The van der Waals surface area contributed by atoms with E-state index >= 15 is 0 Å². The van der Waals surface area contributed by atoms with Gasteiger partial charge in [-0.25, -0.2) is 0 Å². The molecule has 0 radical (unpaired) electrons. The third-order valence-electron chi connectivity index (χ3n) is 4.08. The maximum atomic E-state index is 3.83. The largest absolute Gasteiger partial charge is 0.122 e. The normalized spacial score (nSPS) is 39.8. The van der Waals surface area contributed by atoms with Gasteiger partial charge in [-0.3, -0.25) is 0 Å². The van der Waals surface area contributed by atoms with E-state index < -0.39 is 0 Å². The van der Waals surface area contributed by atoms with Crippen molar-refractivity contribution in [1.82, 2.24) is 0 Å². The van der Waals surface area contributed by atoms with E-state index in [-0.39, 0.29) is 0 Å². The van der Waals surface area contributed by atoms with Crippen molar-refractivity contribution in [1.29, 1.82) is 0 Å². The molecule has 0 amide bonds. The summed E-state index contributed by atoms with van der Waals surface area (Å²) in [5.41, 5.74) is 1.99. The number of hydrogen-bond donors (Lipinski definition) is 0. The fourth-order valence-electron chi connectivity index (χ4n) is 3.18. The maximum absolute atomic E-state index is 3.83. The van der Waals surface area contributed by atoms with E-state index in [4.69, 9.17) is 0 Å². The van der Waals surface area contributed by atoms with E-state index in [1.165, 1.54) is 37.0 Å².